The van der Waals surface area contributed by atoms with Crippen molar-refractivity contribution in [1.82, 2.24) is 20.4 Å². The van der Waals surface area contributed by atoms with Crippen LogP contribution in [-0.4, -0.2) is 33.0 Å². The van der Waals surface area contributed by atoms with Crippen molar-refractivity contribution in [2.24, 2.45) is 11.8 Å². The summed E-state index contributed by atoms with van der Waals surface area (Å²) in [5.41, 5.74) is 3.82. The first-order valence-corrected chi connectivity index (χ1v) is 8.49. The summed E-state index contributed by atoms with van der Waals surface area (Å²) in [4.78, 5) is 11.9. The van der Waals surface area contributed by atoms with E-state index in [2.05, 4.69) is 48.1 Å². The Kier molecular flexibility index (Phi) is 6.06. The fourth-order valence-corrected chi connectivity index (χ4v) is 2.56. The Morgan fingerprint density at radius 3 is 2.46 bits per heavy atom. The van der Waals surface area contributed by atoms with Crippen LogP contribution in [0.2, 0.25) is 0 Å². The molecule has 0 aliphatic rings. The van der Waals surface area contributed by atoms with Crippen LogP contribution in [0.1, 0.15) is 56.4 Å². The van der Waals surface area contributed by atoms with E-state index < -0.39 is 5.97 Å². The predicted octanol–water partition coefficient (Wildman–Crippen LogP) is 3.44. The van der Waals surface area contributed by atoms with Gasteiger partial charge < -0.3 is 4.74 Å². The number of nitrogens with zero attached hydrogens (tertiary/aromatic N) is 3. The molecule has 2 rings (SSSR count). The fraction of sp³-hybridized carbons (Fsp3) is 0.556. The molecule has 130 valence electrons. The molecule has 0 aliphatic heterocycles. The van der Waals surface area contributed by atoms with E-state index >= 15 is 0 Å². The van der Waals surface area contributed by atoms with Crippen LogP contribution in [-0.2, 0) is 17.6 Å². The average molecular weight is 330 g/mol. The molecule has 2 heterocycles. The molecule has 1 N–H and O–H groups in total. The van der Waals surface area contributed by atoms with Crippen molar-refractivity contribution in [3.63, 3.8) is 0 Å². The molecule has 0 fully saturated rings. The lowest BCUT2D eigenvalue weighted by molar-refractivity contribution is 0.0518. The van der Waals surface area contributed by atoms with Crippen molar-refractivity contribution in [2.75, 3.05) is 6.61 Å². The van der Waals surface area contributed by atoms with Gasteiger partial charge in [0.1, 0.15) is 5.69 Å². The maximum atomic E-state index is 11.9. The number of carbonyl (C=O) groups excluding carboxylic acids is 1. The van der Waals surface area contributed by atoms with Crippen LogP contribution in [0.5, 0.6) is 0 Å². The first kappa shape index (κ1) is 18.1. The van der Waals surface area contributed by atoms with Gasteiger partial charge in [-0.2, -0.15) is 5.10 Å². The lowest BCUT2D eigenvalue weighted by Crippen LogP contribution is -2.11. The van der Waals surface area contributed by atoms with Crippen LogP contribution in [0.25, 0.3) is 11.4 Å². The summed E-state index contributed by atoms with van der Waals surface area (Å²) in [7, 11) is 0. The molecule has 0 saturated carbocycles. The highest BCUT2D eigenvalue weighted by molar-refractivity contribution is 5.87. The van der Waals surface area contributed by atoms with E-state index in [0.717, 1.165) is 35.5 Å². The van der Waals surface area contributed by atoms with Gasteiger partial charge >= 0.3 is 5.97 Å². The molecule has 24 heavy (non-hydrogen) atoms. The lowest BCUT2D eigenvalue weighted by Gasteiger charge is -2.10. The van der Waals surface area contributed by atoms with Crippen LogP contribution in [0.4, 0.5) is 0 Å². The quantitative estimate of drug-likeness (QED) is 0.787. The molecule has 6 heteroatoms. The second-order valence-corrected chi connectivity index (χ2v) is 6.79. The van der Waals surface area contributed by atoms with E-state index in [9.17, 15) is 4.79 Å². The van der Waals surface area contributed by atoms with Gasteiger partial charge in [-0.15, -0.1) is 10.2 Å². The highest BCUT2D eigenvalue weighted by atomic mass is 16.5. The first-order valence-electron chi connectivity index (χ1n) is 8.49. The Hall–Kier alpha value is -2.24. The number of rotatable bonds is 7. The zero-order valence-electron chi connectivity index (χ0n) is 15.1. The van der Waals surface area contributed by atoms with E-state index in [4.69, 9.17) is 4.74 Å². The van der Waals surface area contributed by atoms with Gasteiger partial charge in [0.05, 0.1) is 18.0 Å². The smallest absolute Gasteiger partial charge is 0.358 e. The van der Waals surface area contributed by atoms with Crippen molar-refractivity contribution in [1.29, 1.82) is 0 Å². The highest BCUT2D eigenvalue weighted by Gasteiger charge is 2.17. The van der Waals surface area contributed by atoms with Crippen molar-refractivity contribution in [3.8, 4) is 11.4 Å². The summed E-state index contributed by atoms with van der Waals surface area (Å²) in [6.45, 7) is 10.7. The number of aromatic amines is 1. The number of esters is 1. The summed E-state index contributed by atoms with van der Waals surface area (Å²) in [6, 6.07) is 3.79. The Morgan fingerprint density at radius 1 is 1.12 bits per heavy atom. The van der Waals surface area contributed by atoms with E-state index in [1.54, 1.807) is 13.0 Å². The number of H-pyrrole nitrogens is 1. The minimum atomic E-state index is -0.438. The molecular formula is C18H26N4O2. The molecule has 0 unspecified atom stereocenters. The zero-order valence-corrected chi connectivity index (χ0v) is 15.1. The normalized spacial score (nSPS) is 11.3. The Balaban J connectivity index is 2.37. The Bertz CT molecular complexity index is 692. The maximum Gasteiger partial charge on any atom is 0.358 e. The third kappa shape index (κ3) is 4.63. The van der Waals surface area contributed by atoms with Gasteiger partial charge in [-0.3, -0.25) is 5.10 Å². The van der Waals surface area contributed by atoms with Gasteiger partial charge in [0, 0.05) is 0 Å². The molecule has 0 aromatic carbocycles. The van der Waals surface area contributed by atoms with Gasteiger partial charge in [-0.1, -0.05) is 27.7 Å². The first-order chi connectivity index (χ1) is 11.4. The molecule has 0 radical (unpaired) electrons. The van der Waals surface area contributed by atoms with Crippen LogP contribution >= 0.6 is 0 Å². The third-order valence-corrected chi connectivity index (χ3v) is 3.49. The third-order valence-electron chi connectivity index (χ3n) is 3.49. The summed E-state index contributed by atoms with van der Waals surface area (Å²) in [5.74, 6) is 0.529. The molecule has 0 spiro atoms. The Morgan fingerprint density at radius 2 is 1.83 bits per heavy atom. The minimum absolute atomic E-state index is 0.248. The number of hydrogen-bond donors (Lipinski definition) is 1. The number of hydrogen-bond acceptors (Lipinski definition) is 5. The topological polar surface area (TPSA) is 80.8 Å². The molecule has 6 nitrogen and oxygen atoms in total. The van der Waals surface area contributed by atoms with E-state index in [1.807, 2.05) is 6.07 Å². The maximum absolute atomic E-state index is 11.9. The molecule has 0 amide bonds. The van der Waals surface area contributed by atoms with Crippen LogP contribution in [0.3, 0.4) is 0 Å². The zero-order chi connectivity index (χ0) is 17.7. The molecule has 2 aromatic heterocycles. The molecule has 0 aliphatic carbocycles. The number of nitrogens with one attached hydrogen (secondary N) is 1. The van der Waals surface area contributed by atoms with Gasteiger partial charge in [0.25, 0.3) is 0 Å². The second kappa shape index (κ2) is 8.04. The van der Waals surface area contributed by atoms with Crippen molar-refractivity contribution < 1.29 is 9.53 Å². The fourth-order valence-electron chi connectivity index (χ4n) is 2.56. The van der Waals surface area contributed by atoms with Gasteiger partial charge in [0.15, 0.2) is 5.69 Å². The SMILES string of the molecule is CCOC(=O)c1cc(CC(C)C)c(-c2cc(CC(C)C)n[nH]2)nn1. The minimum Gasteiger partial charge on any atom is -0.461 e. The van der Waals surface area contributed by atoms with E-state index in [1.165, 1.54) is 0 Å². The van der Waals surface area contributed by atoms with Crippen molar-refractivity contribution in [2.45, 2.75) is 47.5 Å². The van der Waals surface area contributed by atoms with Crippen LogP contribution < -0.4 is 0 Å². The average Bonchev–Trinajstić information content (AvgIpc) is 2.94. The number of carbonyl (C=O) groups is 1. The van der Waals surface area contributed by atoms with Crippen molar-refractivity contribution in [3.05, 3.63) is 29.1 Å². The summed E-state index contributed by atoms with van der Waals surface area (Å²) < 4.78 is 5.02. The monoisotopic (exact) mass is 330 g/mol. The molecule has 0 saturated heterocycles. The predicted molar refractivity (Wildman–Crippen MR) is 92.7 cm³/mol. The largest absolute Gasteiger partial charge is 0.461 e. The van der Waals surface area contributed by atoms with Crippen LogP contribution in [0, 0.1) is 11.8 Å². The summed E-state index contributed by atoms with van der Waals surface area (Å²) in [5, 5.41) is 15.7. The van der Waals surface area contributed by atoms with Crippen LogP contribution in [0.15, 0.2) is 12.1 Å². The van der Waals surface area contributed by atoms with E-state index in [-0.39, 0.29) is 5.69 Å². The number of ether oxygens (including phenoxy) is 1. The number of aromatic nitrogens is 4. The van der Waals surface area contributed by atoms with Gasteiger partial charge in [0.2, 0.25) is 0 Å². The molecular weight excluding hydrogens is 304 g/mol. The van der Waals surface area contributed by atoms with Gasteiger partial charge in [-0.05, 0) is 49.3 Å². The molecule has 0 bridgehead atoms. The van der Waals surface area contributed by atoms with Crippen molar-refractivity contribution >= 4 is 5.97 Å². The highest BCUT2D eigenvalue weighted by Crippen LogP contribution is 2.23. The summed E-state index contributed by atoms with van der Waals surface area (Å²) >= 11 is 0. The van der Waals surface area contributed by atoms with Gasteiger partial charge in [-0.25, -0.2) is 4.79 Å². The lowest BCUT2D eigenvalue weighted by atomic mass is 9.99. The Labute approximate surface area is 143 Å². The molecule has 0 atom stereocenters. The standard InChI is InChI=1S/C18H26N4O2/c1-6-24-18(23)16-9-13(7-11(2)3)17(22-21-16)15-10-14(19-20-15)8-12(4)5/h9-12H,6-8H2,1-5H3,(H,19,20). The second-order valence-electron chi connectivity index (χ2n) is 6.79. The molecule has 2 aromatic rings. The van der Waals surface area contributed by atoms with E-state index in [0.29, 0.717) is 18.4 Å². The summed E-state index contributed by atoms with van der Waals surface area (Å²) in [6.07, 6.45) is 1.71.